The molecule has 122 valence electrons. The fourth-order valence-electron chi connectivity index (χ4n) is 2.17. The van der Waals surface area contributed by atoms with E-state index in [1.54, 1.807) is 0 Å². The summed E-state index contributed by atoms with van der Waals surface area (Å²) in [5.74, 6) is -0.926. The smallest absolute Gasteiger partial charge is 0.352 e. The highest BCUT2D eigenvalue weighted by atomic mass is 32.1. The second-order valence-electron chi connectivity index (χ2n) is 4.99. The summed E-state index contributed by atoms with van der Waals surface area (Å²) in [5, 5.41) is 6.67. The Hall–Kier alpha value is -2.28. The van der Waals surface area contributed by atoms with E-state index in [4.69, 9.17) is 4.74 Å². The first kappa shape index (κ1) is 17.1. The first-order valence-electron chi connectivity index (χ1n) is 7.43. The maximum Gasteiger partial charge on any atom is 0.352 e. The topological polar surface area (TPSA) is 81.2 Å². The molecule has 0 bridgehead atoms. The van der Waals surface area contributed by atoms with Crippen molar-refractivity contribution in [2.45, 2.75) is 33.6 Å². The average Bonchev–Trinajstić information content (AvgIpc) is 3.03. The minimum absolute atomic E-state index is 0.336. The van der Waals surface area contributed by atoms with Crippen LogP contribution in [0.4, 0.5) is 5.69 Å². The van der Waals surface area contributed by atoms with Gasteiger partial charge in [0.1, 0.15) is 0 Å². The number of carbonyl (C=O) groups is 2. The SMILES string of the molecule is CCc1cccc(C)c1NC(=O)COC(=O)c1snnc1CC. The Morgan fingerprint density at radius 3 is 2.74 bits per heavy atom. The number of rotatable bonds is 6. The van der Waals surface area contributed by atoms with Gasteiger partial charge in [-0.15, -0.1) is 5.10 Å². The summed E-state index contributed by atoms with van der Waals surface area (Å²) in [6, 6.07) is 5.84. The molecule has 7 heteroatoms. The van der Waals surface area contributed by atoms with Crippen LogP contribution < -0.4 is 5.32 Å². The molecule has 1 aromatic carbocycles. The quantitative estimate of drug-likeness (QED) is 0.822. The number of ether oxygens (including phenoxy) is 1. The summed E-state index contributed by atoms with van der Waals surface area (Å²) in [7, 11) is 0. The molecular weight excluding hydrogens is 314 g/mol. The maximum atomic E-state index is 12.0. The van der Waals surface area contributed by atoms with Crippen LogP contribution in [0.25, 0.3) is 0 Å². The molecule has 1 amide bonds. The summed E-state index contributed by atoms with van der Waals surface area (Å²) in [6.07, 6.45) is 1.40. The fraction of sp³-hybridized carbons (Fsp3) is 0.375. The molecule has 0 aliphatic rings. The van der Waals surface area contributed by atoms with E-state index >= 15 is 0 Å². The van der Waals surface area contributed by atoms with Crippen molar-refractivity contribution in [2.75, 3.05) is 11.9 Å². The maximum absolute atomic E-state index is 12.0. The van der Waals surface area contributed by atoms with Gasteiger partial charge in [-0.1, -0.05) is 36.5 Å². The van der Waals surface area contributed by atoms with Gasteiger partial charge in [-0.05, 0) is 42.4 Å². The van der Waals surface area contributed by atoms with Crippen molar-refractivity contribution in [3.05, 3.63) is 39.9 Å². The van der Waals surface area contributed by atoms with Crippen molar-refractivity contribution >= 4 is 29.1 Å². The van der Waals surface area contributed by atoms with E-state index in [-0.39, 0.29) is 12.5 Å². The number of carbonyl (C=O) groups excluding carboxylic acids is 2. The van der Waals surface area contributed by atoms with Gasteiger partial charge >= 0.3 is 5.97 Å². The Labute approximate surface area is 139 Å². The molecule has 0 spiro atoms. The van der Waals surface area contributed by atoms with Gasteiger partial charge in [0, 0.05) is 5.69 Å². The third-order valence-electron chi connectivity index (χ3n) is 3.41. The van der Waals surface area contributed by atoms with Crippen LogP contribution in [0.2, 0.25) is 0 Å². The predicted molar refractivity (Wildman–Crippen MR) is 88.8 cm³/mol. The molecule has 0 saturated carbocycles. The summed E-state index contributed by atoms with van der Waals surface area (Å²) in [5.41, 5.74) is 3.39. The number of para-hydroxylation sites is 1. The number of aromatic nitrogens is 2. The highest BCUT2D eigenvalue weighted by Crippen LogP contribution is 2.21. The lowest BCUT2D eigenvalue weighted by atomic mass is 10.1. The number of nitrogens with zero attached hydrogens (tertiary/aromatic N) is 2. The van der Waals surface area contributed by atoms with Gasteiger partial charge in [0.2, 0.25) is 0 Å². The Morgan fingerprint density at radius 2 is 2.04 bits per heavy atom. The van der Waals surface area contributed by atoms with Crippen molar-refractivity contribution in [2.24, 2.45) is 0 Å². The van der Waals surface area contributed by atoms with Crippen LogP contribution in [0.3, 0.4) is 0 Å². The van der Waals surface area contributed by atoms with E-state index in [0.29, 0.717) is 17.0 Å². The molecule has 0 atom stereocenters. The fourth-order valence-corrected chi connectivity index (χ4v) is 2.81. The zero-order valence-electron chi connectivity index (χ0n) is 13.4. The molecule has 2 rings (SSSR count). The van der Waals surface area contributed by atoms with Crippen molar-refractivity contribution in [3.63, 3.8) is 0 Å². The predicted octanol–water partition coefficient (Wildman–Crippen LogP) is 2.77. The van der Waals surface area contributed by atoms with Crippen molar-refractivity contribution in [1.29, 1.82) is 0 Å². The number of anilines is 1. The molecule has 1 aromatic heterocycles. The molecule has 6 nitrogen and oxygen atoms in total. The molecule has 1 N–H and O–H groups in total. The van der Waals surface area contributed by atoms with Crippen LogP contribution in [-0.2, 0) is 22.4 Å². The normalized spacial score (nSPS) is 10.4. The molecule has 0 saturated heterocycles. The van der Waals surface area contributed by atoms with Gasteiger partial charge < -0.3 is 10.1 Å². The molecule has 0 fully saturated rings. The Balaban J connectivity index is 1.97. The highest BCUT2D eigenvalue weighted by molar-refractivity contribution is 7.07. The Kier molecular flexibility index (Phi) is 5.81. The standard InChI is InChI=1S/C16H19N3O3S/c1-4-11-8-6-7-10(3)14(11)17-13(20)9-22-16(21)15-12(5-2)18-19-23-15/h6-8H,4-5,9H2,1-3H3,(H,17,20). The Morgan fingerprint density at radius 1 is 1.26 bits per heavy atom. The molecule has 0 aliphatic carbocycles. The third-order valence-corrected chi connectivity index (χ3v) is 4.16. The number of amides is 1. The first-order chi connectivity index (χ1) is 11.1. The van der Waals surface area contributed by atoms with Crippen molar-refractivity contribution in [1.82, 2.24) is 9.59 Å². The monoisotopic (exact) mass is 333 g/mol. The third kappa shape index (κ3) is 4.13. The van der Waals surface area contributed by atoms with Gasteiger partial charge in [0.25, 0.3) is 5.91 Å². The van der Waals surface area contributed by atoms with E-state index in [0.717, 1.165) is 34.8 Å². The van der Waals surface area contributed by atoms with Crippen LogP contribution >= 0.6 is 11.5 Å². The van der Waals surface area contributed by atoms with Crippen LogP contribution in [-0.4, -0.2) is 28.1 Å². The van der Waals surface area contributed by atoms with Crippen LogP contribution in [0, 0.1) is 6.92 Å². The number of aryl methyl sites for hydroxylation is 3. The largest absolute Gasteiger partial charge is 0.451 e. The van der Waals surface area contributed by atoms with Gasteiger partial charge in [-0.25, -0.2) is 4.79 Å². The first-order valence-corrected chi connectivity index (χ1v) is 8.20. The lowest BCUT2D eigenvalue weighted by Gasteiger charge is -2.13. The summed E-state index contributed by atoms with van der Waals surface area (Å²) < 4.78 is 8.79. The van der Waals surface area contributed by atoms with E-state index in [9.17, 15) is 9.59 Å². The van der Waals surface area contributed by atoms with Gasteiger partial charge in [-0.2, -0.15) is 0 Å². The van der Waals surface area contributed by atoms with Gasteiger partial charge in [0.15, 0.2) is 11.5 Å². The van der Waals surface area contributed by atoms with Crippen molar-refractivity contribution in [3.8, 4) is 0 Å². The number of nitrogens with one attached hydrogen (secondary N) is 1. The number of benzene rings is 1. The second-order valence-corrected chi connectivity index (χ2v) is 5.74. The molecular formula is C16H19N3O3S. The zero-order valence-corrected chi connectivity index (χ0v) is 14.2. The van der Waals surface area contributed by atoms with Crippen molar-refractivity contribution < 1.29 is 14.3 Å². The summed E-state index contributed by atoms with van der Waals surface area (Å²) in [6.45, 7) is 5.49. The summed E-state index contributed by atoms with van der Waals surface area (Å²) in [4.78, 5) is 24.4. The molecule has 23 heavy (non-hydrogen) atoms. The van der Waals surface area contributed by atoms with Gasteiger partial charge in [-0.3, -0.25) is 4.79 Å². The van der Waals surface area contributed by atoms with Crippen LogP contribution in [0.5, 0.6) is 0 Å². The second kappa shape index (κ2) is 7.82. The number of hydrogen-bond acceptors (Lipinski definition) is 6. The Bertz CT molecular complexity index is 712. The number of hydrogen-bond donors (Lipinski definition) is 1. The molecule has 0 unspecified atom stereocenters. The minimum Gasteiger partial charge on any atom is -0.451 e. The summed E-state index contributed by atoms with van der Waals surface area (Å²) >= 11 is 0.979. The van der Waals surface area contributed by atoms with E-state index in [2.05, 4.69) is 14.9 Å². The molecule has 0 radical (unpaired) electrons. The van der Waals surface area contributed by atoms with Gasteiger partial charge in [0.05, 0.1) is 5.69 Å². The van der Waals surface area contributed by atoms with E-state index in [1.165, 1.54) is 0 Å². The average molecular weight is 333 g/mol. The van der Waals surface area contributed by atoms with E-state index < -0.39 is 5.97 Å². The lowest BCUT2D eigenvalue weighted by molar-refractivity contribution is -0.119. The highest BCUT2D eigenvalue weighted by Gasteiger charge is 2.18. The molecule has 1 heterocycles. The molecule has 2 aromatic rings. The van der Waals surface area contributed by atoms with E-state index in [1.807, 2.05) is 39.0 Å². The zero-order chi connectivity index (χ0) is 16.8. The number of esters is 1. The minimum atomic E-state index is -0.563. The van der Waals surface area contributed by atoms with Crippen LogP contribution in [0.1, 0.15) is 40.3 Å². The molecule has 0 aliphatic heterocycles. The van der Waals surface area contributed by atoms with Crippen LogP contribution in [0.15, 0.2) is 18.2 Å². The lowest BCUT2D eigenvalue weighted by Crippen LogP contribution is -2.22.